The number of hydrogen-bond donors (Lipinski definition) is 3. The highest BCUT2D eigenvalue weighted by atomic mass is 32.2. The molecule has 2 atom stereocenters. The van der Waals surface area contributed by atoms with Crippen LogP contribution in [0.15, 0.2) is 21.6 Å². The SMILES string of the molecule is Cc1noc(C)c1C1CC(C)(c2cc(B(O)O)c(F)cc2F)N=C(NC(=O)OC(C)(C)C)S1. The van der Waals surface area contributed by atoms with E-state index >= 15 is 0 Å². The number of amidine groups is 1. The molecule has 0 saturated heterocycles. The number of nitrogens with zero attached hydrogens (tertiary/aromatic N) is 2. The van der Waals surface area contributed by atoms with Crippen LogP contribution in [-0.2, 0) is 10.3 Å². The summed E-state index contributed by atoms with van der Waals surface area (Å²) in [5.74, 6) is -1.42. The number of rotatable bonds is 3. The average Bonchev–Trinajstić information content (AvgIpc) is 2.97. The van der Waals surface area contributed by atoms with E-state index < -0.39 is 41.4 Å². The second kappa shape index (κ2) is 9.07. The Bertz CT molecular complexity index is 1080. The Balaban J connectivity index is 2.09. The van der Waals surface area contributed by atoms with E-state index in [-0.39, 0.29) is 22.4 Å². The van der Waals surface area contributed by atoms with Crippen LogP contribution in [-0.4, -0.2) is 39.2 Å². The number of nitrogens with one attached hydrogen (secondary N) is 1. The van der Waals surface area contributed by atoms with Gasteiger partial charge in [-0.15, -0.1) is 0 Å². The number of aliphatic imine (C=N–C) groups is 1. The number of alkyl carbamates (subject to hydrolysis) is 1. The van der Waals surface area contributed by atoms with Gasteiger partial charge in [-0.05, 0) is 48.0 Å². The summed E-state index contributed by atoms with van der Waals surface area (Å²) < 4.78 is 39.6. The van der Waals surface area contributed by atoms with Crippen LogP contribution in [0.4, 0.5) is 13.6 Å². The maximum atomic E-state index is 14.9. The third-order valence-electron chi connectivity index (χ3n) is 5.15. The van der Waals surface area contributed by atoms with Crippen molar-refractivity contribution in [2.45, 2.75) is 64.4 Å². The minimum Gasteiger partial charge on any atom is -0.444 e. The zero-order valence-corrected chi connectivity index (χ0v) is 20.0. The van der Waals surface area contributed by atoms with Gasteiger partial charge >= 0.3 is 13.2 Å². The molecule has 0 aliphatic carbocycles. The highest BCUT2D eigenvalue weighted by molar-refractivity contribution is 8.14. The van der Waals surface area contributed by atoms with Crippen LogP contribution < -0.4 is 10.8 Å². The van der Waals surface area contributed by atoms with Crippen molar-refractivity contribution in [3.63, 3.8) is 0 Å². The summed E-state index contributed by atoms with van der Waals surface area (Å²) in [4.78, 5) is 17.0. The zero-order chi connectivity index (χ0) is 24.7. The molecule has 1 aliphatic heterocycles. The fourth-order valence-corrected chi connectivity index (χ4v) is 5.27. The Morgan fingerprint density at radius 3 is 2.52 bits per heavy atom. The van der Waals surface area contributed by atoms with Gasteiger partial charge in [-0.1, -0.05) is 23.0 Å². The quantitative estimate of drug-likeness (QED) is 0.577. The molecular formula is C21H26BF2N3O5S. The lowest BCUT2D eigenvalue weighted by Gasteiger charge is -2.36. The molecule has 178 valence electrons. The number of aromatic nitrogens is 1. The summed E-state index contributed by atoms with van der Waals surface area (Å²) in [6, 6.07) is 1.64. The van der Waals surface area contributed by atoms with E-state index in [0.717, 1.165) is 11.6 Å². The largest absolute Gasteiger partial charge is 0.491 e. The van der Waals surface area contributed by atoms with E-state index in [1.165, 1.54) is 11.8 Å². The Morgan fingerprint density at radius 1 is 1.30 bits per heavy atom. The van der Waals surface area contributed by atoms with Gasteiger partial charge in [0.1, 0.15) is 23.0 Å². The molecular weight excluding hydrogens is 455 g/mol. The van der Waals surface area contributed by atoms with Crippen LogP contribution in [0.25, 0.3) is 0 Å². The van der Waals surface area contributed by atoms with Crippen LogP contribution in [0, 0.1) is 25.5 Å². The number of hydrogen-bond acceptors (Lipinski definition) is 8. The Morgan fingerprint density at radius 2 is 1.97 bits per heavy atom. The predicted octanol–water partition coefficient (Wildman–Crippen LogP) is 3.22. The Kier molecular flexibility index (Phi) is 6.93. The fraction of sp³-hybridized carbons (Fsp3) is 0.476. The average molecular weight is 481 g/mol. The molecule has 0 fully saturated rings. The van der Waals surface area contributed by atoms with Crippen LogP contribution in [0.5, 0.6) is 0 Å². The molecule has 33 heavy (non-hydrogen) atoms. The molecule has 0 bridgehead atoms. The van der Waals surface area contributed by atoms with Crippen molar-refractivity contribution in [3.8, 4) is 0 Å². The second-order valence-electron chi connectivity index (χ2n) is 9.09. The summed E-state index contributed by atoms with van der Waals surface area (Å²) in [5, 5.41) is 25.4. The summed E-state index contributed by atoms with van der Waals surface area (Å²) >= 11 is 1.23. The van der Waals surface area contributed by atoms with Gasteiger partial charge < -0.3 is 19.3 Å². The van der Waals surface area contributed by atoms with Crippen molar-refractivity contribution in [2.24, 2.45) is 4.99 Å². The van der Waals surface area contributed by atoms with Gasteiger partial charge in [-0.3, -0.25) is 10.3 Å². The first kappa shape index (κ1) is 25.2. The standard InChI is InChI=1S/C21H26BF2N3O5S/c1-10-17(11(2)32-27-10)16-9-21(6,12-7-13(22(29)30)15(24)8-14(12)23)26-18(33-16)25-19(28)31-20(3,4)5/h7-8,16,29-30H,9H2,1-6H3,(H,25,26,28). The third kappa shape index (κ3) is 5.56. The summed E-state index contributed by atoms with van der Waals surface area (Å²) in [6.07, 6.45) is -0.495. The van der Waals surface area contributed by atoms with Crippen molar-refractivity contribution < 1.29 is 32.9 Å². The van der Waals surface area contributed by atoms with Gasteiger partial charge in [0.25, 0.3) is 0 Å². The van der Waals surface area contributed by atoms with Gasteiger partial charge in [0.2, 0.25) is 0 Å². The van der Waals surface area contributed by atoms with Crippen molar-refractivity contribution >= 4 is 35.6 Å². The van der Waals surface area contributed by atoms with E-state index in [4.69, 9.17) is 9.26 Å². The van der Waals surface area contributed by atoms with Crippen molar-refractivity contribution in [3.05, 3.63) is 46.3 Å². The number of amides is 1. The molecule has 2 aromatic rings. The lowest BCUT2D eigenvalue weighted by molar-refractivity contribution is 0.0564. The summed E-state index contributed by atoms with van der Waals surface area (Å²) in [5.41, 5.74) is -1.16. The zero-order valence-electron chi connectivity index (χ0n) is 19.2. The van der Waals surface area contributed by atoms with Gasteiger partial charge in [-0.25, -0.2) is 13.6 Å². The molecule has 0 radical (unpaired) electrons. The summed E-state index contributed by atoms with van der Waals surface area (Å²) in [7, 11) is -2.13. The molecule has 2 heterocycles. The lowest BCUT2D eigenvalue weighted by atomic mass is 9.75. The first-order valence-electron chi connectivity index (χ1n) is 10.2. The van der Waals surface area contributed by atoms with Crippen LogP contribution >= 0.6 is 11.8 Å². The number of ether oxygens (including phenoxy) is 1. The molecule has 1 amide bonds. The number of thioether (sulfide) groups is 1. The molecule has 1 aliphatic rings. The van der Waals surface area contributed by atoms with E-state index in [0.29, 0.717) is 17.5 Å². The monoisotopic (exact) mass is 481 g/mol. The highest BCUT2D eigenvalue weighted by Gasteiger charge is 2.41. The summed E-state index contributed by atoms with van der Waals surface area (Å²) in [6.45, 7) is 10.3. The molecule has 1 aromatic heterocycles. The lowest BCUT2D eigenvalue weighted by Crippen LogP contribution is -2.40. The van der Waals surface area contributed by atoms with Gasteiger partial charge in [0, 0.05) is 27.9 Å². The molecule has 1 aromatic carbocycles. The van der Waals surface area contributed by atoms with E-state index in [1.807, 2.05) is 0 Å². The smallest absolute Gasteiger partial charge is 0.444 e. The van der Waals surface area contributed by atoms with Crippen molar-refractivity contribution in [1.29, 1.82) is 0 Å². The first-order chi connectivity index (χ1) is 15.2. The Hall–Kier alpha value is -2.44. The number of benzene rings is 1. The van der Waals surface area contributed by atoms with E-state index in [1.54, 1.807) is 41.5 Å². The van der Waals surface area contributed by atoms with Gasteiger partial charge in [-0.2, -0.15) is 0 Å². The highest BCUT2D eigenvalue weighted by Crippen LogP contribution is 2.48. The topological polar surface area (TPSA) is 117 Å². The van der Waals surface area contributed by atoms with E-state index in [2.05, 4.69) is 15.5 Å². The predicted molar refractivity (Wildman–Crippen MR) is 121 cm³/mol. The molecule has 3 N–H and O–H groups in total. The first-order valence-corrected chi connectivity index (χ1v) is 11.1. The molecule has 8 nitrogen and oxygen atoms in total. The minimum absolute atomic E-state index is 0.0486. The van der Waals surface area contributed by atoms with Crippen LogP contribution in [0.2, 0.25) is 0 Å². The number of aryl methyl sites for hydroxylation is 2. The van der Waals surface area contributed by atoms with Crippen LogP contribution in [0.1, 0.15) is 61.9 Å². The normalized spacial score (nSPS) is 20.9. The molecule has 0 saturated carbocycles. The fourth-order valence-electron chi connectivity index (χ4n) is 3.74. The molecule has 2 unspecified atom stereocenters. The molecule has 3 rings (SSSR count). The Labute approximate surface area is 194 Å². The van der Waals surface area contributed by atoms with Crippen molar-refractivity contribution in [2.75, 3.05) is 0 Å². The van der Waals surface area contributed by atoms with Gasteiger partial charge in [0.05, 0.1) is 11.2 Å². The number of carbonyl (C=O) groups is 1. The molecule has 0 spiro atoms. The molecule has 12 heteroatoms. The third-order valence-corrected chi connectivity index (χ3v) is 6.25. The van der Waals surface area contributed by atoms with Crippen LogP contribution in [0.3, 0.4) is 0 Å². The second-order valence-corrected chi connectivity index (χ2v) is 10.3. The maximum absolute atomic E-state index is 14.9. The maximum Gasteiger partial charge on any atom is 0.491 e. The number of halogens is 2. The van der Waals surface area contributed by atoms with Gasteiger partial charge in [0.15, 0.2) is 5.17 Å². The van der Waals surface area contributed by atoms with E-state index in [9.17, 15) is 23.6 Å². The van der Waals surface area contributed by atoms with Crippen molar-refractivity contribution in [1.82, 2.24) is 10.5 Å². The minimum atomic E-state index is -2.13. The number of carbonyl (C=O) groups excluding carboxylic acids is 1.